The van der Waals surface area contributed by atoms with Crippen LogP contribution in [0, 0.1) is 0 Å². The van der Waals surface area contributed by atoms with E-state index >= 15 is 0 Å². The van der Waals surface area contributed by atoms with E-state index in [9.17, 15) is 13.2 Å². The number of piperidine rings is 1. The van der Waals surface area contributed by atoms with Gasteiger partial charge in [-0.2, -0.15) is 0 Å². The summed E-state index contributed by atoms with van der Waals surface area (Å²) in [4.78, 5) is 13.6. The Labute approximate surface area is 108 Å². The van der Waals surface area contributed by atoms with Crippen molar-refractivity contribution in [3.63, 3.8) is 0 Å². The van der Waals surface area contributed by atoms with E-state index in [1.54, 1.807) is 4.31 Å². The molecule has 0 spiro atoms. The molecule has 0 aromatic heterocycles. The molecule has 0 bridgehead atoms. The highest BCUT2D eigenvalue weighted by molar-refractivity contribution is 7.90. The molecule has 0 aromatic rings. The molecule has 3 fully saturated rings. The Morgan fingerprint density at radius 2 is 1.67 bits per heavy atom. The minimum absolute atomic E-state index is 0.109. The molecule has 0 radical (unpaired) electrons. The van der Waals surface area contributed by atoms with E-state index < -0.39 is 10.0 Å². The molecule has 1 aliphatic carbocycles. The highest BCUT2D eigenvalue weighted by Gasteiger charge is 2.42. The van der Waals surface area contributed by atoms with Crippen molar-refractivity contribution >= 4 is 15.9 Å². The molecule has 0 aromatic carbocycles. The molecule has 5 nitrogen and oxygen atoms in total. The van der Waals surface area contributed by atoms with Crippen LogP contribution in [0.15, 0.2) is 0 Å². The van der Waals surface area contributed by atoms with Crippen LogP contribution in [-0.2, 0) is 14.8 Å². The van der Waals surface area contributed by atoms with E-state index in [-0.39, 0.29) is 17.2 Å². The zero-order chi connectivity index (χ0) is 12.8. The highest BCUT2D eigenvalue weighted by atomic mass is 32.2. The number of carbonyl (C=O) groups is 1. The zero-order valence-electron chi connectivity index (χ0n) is 10.5. The number of likely N-dealkylation sites (tertiary alicyclic amines) is 1. The third-order valence-electron chi connectivity index (χ3n) is 4.28. The van der Waals surface area contributed by atoms with Crippen LogP contribution in [0.2, 0.25) is 0 Å². The van der Waals surface area contributed by atoms with Gasteiger partial charge in [-0.3, -0.25) is 4.79 Å². The van der Waals surface area contributed by atoms with Crippen LogP contribution in [0.3, 0.4) is 0 Å². The summed E-state index contributed by atoms with van der Waals surface area (Å²) in [5, 5.41) is -0.109. The Morgan fingerprint density at radius 1 is 1.00 bits per heavy atom. The Bertz CT molecular complexity index is 436. The van der Waals surface area contributed by atoms with Crippen molar-refractivity contribution in [2.24, 2.45) is 0 Å². The Morgan fingerprint density at radius 3 is 2.17 bits per heavy atom. The maximum absolute atomic E-state index is 12.1. The first-order valence-electron chi connectivity index (χ1n) is 6.87. The van der Waals surface area contributed by atoms with Gasteiger partial charge in [0.1, 0.15) is 0 Å². The second kappa shape index (κ2) is 4.49. The summed E-state index contributed by atoms with van der Waals surface area (Å²) >= 11 is 0. The fraction of sp³-hybridized carbons (Fsp3) is 0.917. The quantitative estimate of drug-likeness (QED) is 0.754. The summed E-state index contributed by atoms with van der Waals surface area (Å²) in [6.07, 6.45) is 4.88. The van der Waals surface area contributed by atoms with Gasteiger partial charge in [0.25, 0.3) is 0 Å². The van der Waals surface area contributed by atoms with Gasteiger partial charge in [0.05, 0.1) is 5.25 Å². The lowest BCUT2D eigenvalue weighted by molar-refractivity contribution is -0.130. The van der Waals surface area contributed by atoms with E-state index in [1.807, 2.05) is 4.90 Å². The number of amides is 1. The Kier molecular flexibility index (Phi) is 3.10. The van der Waals surface area contributed by atoms with Crippen LogP contribution in [0.25, 0.3) is 0 Å². The van der Waals surface area contributed by atoms with E-state index in [0.29, 0.717) is 19.5 Å². The van der Waals surface area contributed by atoms with E-state index in [0.717, 1.165) is 38.6 Å². The number of hydrogen-bond acceptors (Lipinski definition) is 3. The third-order valence-corrected chi connectivity index (χ3v) is 6.68. The van der Waals surface area contributed by atoms with E-state index in [4.69, 9.17) is 0 Å². The average Bonchev–Trinajstić information content (AvgIpc) is 3.13. The molecule has 1 amide bonds. The molecule has 3 rings (SSSR count). The first kappa shape index (κ1) is 12.4. The molecule has 0 atom stereocenters. The van der Waals surface area contributed by atoms with Crippen molar-refractivity contribution in [2.45, 2.75) is 49.8 Å². The van der Waals surface area contributed by atoms with Crippen molar-refractivity contribution in [3.05, 3.63) is 0 Å². The third kappa shape index (κ3) is 2.16. The SMILES string of the molecule is O=C1CCCN1C1CCN(S(=O)(=O)C2CC2)CC1. The van der Waals surface area contributed by atoms with Crippen LogP contribution >= 0.6 is 0 Å². The number of sulfonamides is 1. The summed E-state index contributed by atoms with van der Waals surface area (Å²) in [5.74, 6) is 0.249. The van der Waals surface area contributed by atoms with Crippen LogP contribution < -0.4 is 0 Å². The molecule has 2 aliphatic heterocycles. The van der Waals surface area contributed by atoms with E-state index in [1.165, 1.54) is 0 Å². The molecule has 2 heterocycles. The number of hydrogen-bond donors (Lipinski definition) is 0. The van der Waals surface area contributed by atoms with Crippen LogP contribution in [0.5, 0.6) is 0 Å². The van der Waals surface area contributed by atoms with Gasteiger partial charge >= 0.3 is 0 Å². The van der Waals surface area contributed by atoms with Gasteiger partial charge in [0, 0.05) is 32.1 Å². The monoisotopic (exact) mass is 272 g/mol. The number of rotatable bonds is 3. The predicted octanol–water partition coefficient (Wildman–Crippen LogP) is 0.565. The zero-order valence-corrected chi connectivity index (χ0v) is 11.4. The first-order chi connectivity index (χ1) is 8.59. The van der Waals surface area contributed by atoms with Crippen molar-refractivity contribution in [1.82, 2.24) is 9.21 Å². The van der Waals surface area contributed by atoms with Gasteiger partial charge in [0.2, 0.25) is 15.9 Å². The maximum Gasteiger partial charge on any atom is 0.222 e. The normalized spacial score (nSPS) is 28.0. The molecule has 0 N–H and O–H groups in total. The fourth-order valence-corrected chi connectivity index (χ4v) is 4.91. The second-order valence-corrected chi connectivity index (χ2v) is 7.78. The molecular weight excluding hydrogens is 252 g/mol. The standard InChI is InChI=1S/C12H20N2O3S/c15-12-2-1-7-14(12)10-5-8-13(9-6-10)18(16,17)11-3-4-11/h10-11H,1-9H2. The number of carbonyl (C=O) groups excluding carboxylic acids is 1. The largest absolute Gasteiger partial charge is 0.340 e. The molecule has 2 saturated heterocycles. The predicted molar refractivity (Wildman–Crippen MR) is 67.5 cm³/mol. The van der Waals surface area contributed by atoms with E-state index in [2.05, 4.69) is 0 Å². The van der Waals surface area contributed by atoms with Crippen molar-refractivity contribution < 1.29 is 13.2 Å². The Hall–Kier alpha value is -0.620. The van der Waals surface area contributed by atoms with Crippen molar-refractivity contribution in [2.75, 3.05) is 19.6 Å². The smallest absolute Gasteiger partial charge is 0.222 e. The summed E-state index contributed by atoms with van der Waals surface area (Å²) in [6.45, 7) is 2.04. The van der Waals surface area contributed by atoms with Gasteiger partial charge in [0.15, 0.2) is 0 Å². The summed E-state index contributed by atoms with van der Waals surface area (Å²) in [6, 6.07) is 0.269. The van der Waals surface area contributed by atoms with Crippen molar-refractivity contribution in [1.29, 1.82) is 0 Å². The number of nitrogens with zero attached hydrogens (tertiary/aromatic N) is 2. The van der Waals surface area contributed by atoms with Gasteiger partial charge in [-0.05, 0) is 32.1 Å². The maximum atomic E-state index is 12.1. The minimum atomic E-state index is -3.02. The molecule has 3 aliphatic rings. The lowest BCUT2D eigenvalue weighted by Crippen LogP contribution is -2.47. The second-order valence-electron chi connectivity index (χ2n) is 5.57. The summed E-state index contributed by atoms with van der Waals surface area (Å²) in [5.41, 5.74) is 0. The molecule has 6 heteroatoms. The van der Waals surface area contributed by atoms with Crippen LogP contribution in [0.1, 0.15) is 38.5 Å². The van der Waals surface area contributed by atoms with Gasteiger partial charge in [-0.15, -0.1) is 0 Å². The molecular formula is C12H20N2O3S. The molecule has 18 heavy (non-hydrogen) atoms. The summed E-state index contributed by atoms with van der Waals surface area (Å²) in [7, 11) is -3.02. The molecule has 102 valence electrons. The molecule has 0 unspecified atom stereocenters. The minimum Gasteiger partial charge on any atom is -0.340 e. The van der Waals surface area contributed by atoms with Crippen LogP contribution in [0.4, 0.5) is 0 Å². The van der Waals surface area contributed by atoms with Gasteiger partial charge in [-0.25, -0.2) is 12.7 Å². The Balaban J connectivity index is 1.59. The average molecular weight is 272 g/mol. The topological polar surface area (TPSA) is 57.7 Å². The highest BCUT2D eigenvalue weighted by Crippen LogP contribution is 2.33. The first-order valence-corrected chi connectivity index (χ1v) is 8.38. The summed E-state index contributed by atoms with van der Waals surface area (Å²) < 4.78 is 25.8. The fourth-order valence-electron chi connectivity index (χ4n) is 3.04. The lowest BCUT2D eigenvalue weighted by Gasteiger charge is -2.36. The lowest BCUT2D eigenvalue weighted by atomic mass is 10.1. The van der Waals surface area contributed by atoms with Crippen LogP contribution in [-0.4, -0.2) is 54.5 Å². The van der Waals surface area contributed by atoms with Gasteiger partial charge in [-0.1, -0.05) is 0 Å². The van der Waals surface area contributed by atoms with Crippen molar-refractivity contribution in [3.8, 4) is 0 Å². The van der Waals surface area contributed by atoms with Gasteiger partial charge < -0.3 is 4.90 Å². The molecule has 1 saturated carbocycles.